The highest BCUT2D eigenvalue weighted by Gasteiger charge is 2.30. The van der Waals surface area contributed by atoms with E-state index in [-0.39, 0.29) is 5.91 Å². The minimum absolute atomic E-state index is 0.247. The Labute approximate surface area is 142 Å². The van der Waals surface area contributed by atoms with Gasteiger partial charge in [0.2, 0.25) is 11.8 Å². The molecule has 2 aliphatic heterocycles. The van der Waals surface area contributed by atoms with E-state index in [1.54, 1.807) is 0 Å². The molecule has 1 aromatic rings. The maximum absolute atomic E-state index is 12.2. The molecule has 4 rings (SSSR count). The van der Waals surface area contributed by atoms with Crippen LogP contribution in [0, 0.1) is 0 Å². The summed E-state index contributed by atoms with van der Waals surface area (Å²) >= 11 is 0. The van der Waals surface area contributed by atoms with Gasteiger partial charge in [-0.2, -0.15) is 4.98 Å². The van der Waals surface area contributed by atoms with Crippen molar-refractivity contribution in [2.75, 3.05) is 32.7 Å². The molecule has 0 spiro atoms. The zero-order valence-electron chi connectivity index (χ0n) is 14.2. The number of nitrogens with zero attached hydrogens (tertiary/aromatic N) is 4. The summed E-state index contributed by atoms with van der Waals surface area (Å²) in [6.07, 6.45) is 6.93. The van der Waals surface area contributed by atoms with Crippen molar-refractivity contribution in [3.05, 3.63) is 11.7 Å². The summed E-state index contributed by atoms with van der Waals surface area (Å²) < 4.78 is 5.34. The van der Waals surface area contributed by atoms with E-state index in [9.17, 15) is 4.79 Å². The summed E-state index contributed by atoms with van der Waals surface area (Å²) in [4.78, 5) is 21.0. The first-order chi connectivity index (χ1) is 11.8. The van der Waals surface area contributed by atoms with Gasteiger partial charge in [0.15, 0.2) is 5.82 Å². The van der Waals surface area contributed by atoms with Crippen molar-refractivity contribution >= 4 is 5.91 Å². The van der Waals surface area contributed by atoms with Crippen LogP contribution < -0.4 is 5.32 Å². The summed E-state index contributed by atoms with van der Waals surface area (Å²) in [5.74, 6) is 2.37. The smallest absolute Gasteiger partial charge is 0.236 e. The van der Waals surface area contributed by atoms with Crippen LogP contribution in [0.2, 0.25) is 0 Å². The van der Waals surface area contributed by atoms with Crippen LogP contribution in [0.1, 0.15) is 56.2 Å². The van der Waals surface area contributed by atoms with Crippen molar-refractivity contribution in [2.24, 2.45) is 0 Å². The second kappa shape index (κ2) is 7.19. The number of carbonyl (C=O) groups excluding carboxylic acids is 1. The van der Waals surface area contributed by atoms with Gasteiger partial charge in [-0.05, 0) is 45.1 Å². The van der Waals surface area contributed by atoms with Crippen molar-refractivity contribution in [2.45, 2.75) is 57.0 Å². The Morgan fingerprint density at radius 1 is 1.17 bits per heavy atom. The first-order valence-corrected chi connectivity index (χ1v) is 9.34. The fourth-order valence-electron chi connectivity index (χ4n) is 3.70. The molecule has 2 saturated heterocycles. The first-order valence-electron chi connectivity index (χ1n) is 9.34. The third kappa shape index (κ3) is 3.95. The van der Waals surface area contributed by atoms with E-state index in [2.05, 4.69) is 20.4 Å². The van der Waals surface area contributed by atoms with Gasteiger partial charge in [0.1, 0.15) is 0 Å². The lowest BCUT2D eigenvalue weighted by atomic mass is 10.1. The summed E-state index contributed by atoms with van der Waals surface area (Å²) in [6.45, 7) is 5.07. The summed E-state index contributed by atoms with van der Waals surface area (Å²) in [7, 11) is 0. The van der Waals surface area contributed by atoms with Gasteiger partial charge < -0.3 is 14.7 Å². The zero-order chi connectivity index (χ0) is 16.4. The SMILES string of the molecule is O=C(CNC1CCCN(Cc2noc(C3CC3)n2)C1)N1CCCC1. The first kappa shape index (κ1) is 16.0. The maximum Gasteiger partial charge on any atom is 0.236 e. The van der Waals surface area contributed by atoms with E-state index >= 15 is 0 Å². The molecule has 7 heteroatoms. The van der Waals surface area contributed by atoms with Gasteiger partial charge in [-0.15, -0.1) is 0 Å². The summed E-state index contributed by atoms with van der Waals surface area (Å²) in [6, 6.07) is 0.375. The average Bonchev–Trinajstić information content (AvgIpc) is 3.10. The highest BCUT2D eigenvalue weighted by Crippen LogP contribution is 2.38. The van der Waals surface area contributed by atoms with Crippen molar-refractivity contribution in [1.82, 2.24) is 25.3 Å². The number of carbonyl (C=O) groups is 1. The molecule has 132 valence electrons. The summed E-state index contributed by atoms with van der Waals surface area (Å²) in [5.41, 5.74) is 0. The molecule has 0 bridgehead atoms. The minimum Gasteiger partial charge on any atom is -0.342 e. The lowest BCUT2D eigenvalue weighted by molar-refractivity contribution is -0.129. The van der Waals surface area contributed by atoms with Crippen molar-refractivity contribution < 1.29 is 9.32 Å². The lowest BCUT2D eigenvalue weighted by Crippen LogP contribution is -2.48. The van der Waals surface area contributed by atoms with Crippen molar-refractivity contribution in [1.29, 1.82) is 0 Å². The average molecular weight is 333 g/mol. The predicted molar refractivity (Wildman–Crippen MR) is 88.4 cm³/mol. The molecule has 1 amide bonds. The predicted octanol–water partition coefficient (Wildman–Crippen LogP) is 1.12. The normalized spacial score (nSPS) is 25.3. The molecule has 3 heterocycles. The number of amides is 1. The standard InChI is InChI=1S/C17H27N5O2/c23-16(22-8-1-2-9-22)10-18-14-4-3-7-21(11-14)12-15-19-17(24-20-15)13-5-6-13/h13-14,18H,1-12H2. The number of likely N-dealkylation sites (tertiary alicyclic amines) is 2. The van der Waals surface area contributed by atoms with Crippen LogP contribution in [0.5, 0.6) is 0 Å². The number of aromatic nitrogens is 2. The van der Waals surface area contributed by atoms with E-state index in [1.165, 1.54) is 12.8 Å². The number of hydrogen-bond acceptors (Lipinski definition) is 6. The molecule has 1 aliphatic carbocycles. The second-order valence-corrected chi connectivity index (χ2v) is 7.37. The lowest BCUT2D eigenvalue weighted by Gasteiger charge is -2.32. The molecule has 0 radical (unpaired) electrons. The van der Waals surface area contributed by atoms with Gasteiger partial charge in [0, 0.05) is 31.6 Å². The monoisotopic (exact) mass is 333 g/mol. The number of hydrogen-bond donors (Lipinski definition) is 1. The fraction of sp³-hybridized carbons (Fsp3) is 0.824. The molecule has 1 atom stereocenters. The Bertz CT molecular complexity index is 565. The van der Waals surface area contributed by atoms with Gasteiger partial charge >= 0.3 is 0 Å². The highest BCUT2D eigenvalue weighted by atomic mass is 16.5. The van der Waals surface area contributed by atoms with Gasteiger partial charge in [-0.3, -0.25) is 9.69 Å². The van der Waals surface area contributed by atoms with Crippen LogP contribution in [-0.4, -0.2) is 64.6 Å². The molecule has 1 N–H and O–H groups in total. The second-order valence-electron chi connectivity index (χ2n) is 7.37. The zero-order valence-corrected chi connectivity index (χ0v) is 14.2. The fourth-order valence-corrected chi connectivity index (χ4v) is 3.70. The Balaban J connectivity index is 1.23. The van der Waals surface area contributed by atoms with Crippen molar-refractivity contribution in [3.8, 4) is 0 Å². The maximum atomic E-state index is 12.2. The van der Waals surface area contributed by atoms with Crippen LogP contribution >= 0.6 is 0 Å². The van der Waals surface area contributed by atoms with Crippen LogP contribution in [0.4, 0.5) is 0 Å². The molecular weight excluding hydrogens is 306 g/mol. The molecule has 1 aromatic heterocycles. The summed E-state index contributed by atoms with van der Waals surface area (Å²) in [5, 5.41) is 7.56. The molecule has 1 saturated carbocycles. The van der Waals surface area contributed by atoms with E-state index in [0.717, 1.165) is 70.1 Å². The van der Waals surface area contributed by atoms with Crippen LogP contribution in [0.15, 0.2) is 4.52 Å². The quantitative estimate of drug-likeness (QED) is 0.841. The number of rotatable bonds is 6. The number of nitrogens with one attached hydrogen (secondary N) is 1. The van der Waals surface area contributed by atoms with Gasteiger partial charge in [0.05, 0.1) is 13.1 Å². The van der Waals surface area contributed by atoms with Crippen LogP contribution in [0.3, 0.4) is 0 Å². The van der Waals surface area contributed by atoms with Crippen LogP contribution in [0.25, 0.3) is 0 Å². The topological polar surface area (TPSA) is 74.5 Å². The van der Waals surface area contributed by atoms with Gasteiger partial charge in [0.25, 0.3) is 0 Å². The highest BCUT2D eigenvalue weighted by molar-refractivity contribution is 5.78. The molecule has 7 nitrogen and oxygen atoms in total. The Kier molecular flexibility index (Phi) is 4.80. The third-order valence-corrected chi connectivity index (χ3v) is 5.28. The van der Waals surface area contributed by atoms with E-state index in [4.69, 9.17) is 4.52 Å². The van der Waals surface area contributed by atoms with Crippen molar-refractivity contribution in [3.63, 3.8) is 0 Å². The molecule has 3 fully saturated rings. The third-order valence-electron chi connectivity index (χ3n) is 5.28. The Morgan fingerprint density at radius 2 is 2.00 bits per heavy atom. The van der Waals surface area contributed by atoms with Gasteiger partial charge in [-0.1, -0.05) is 5.16 Å². The van der Waals surface area contributed by atoms with Gasteiger partial charge in [-0.25, -0.2) is 0 Å². The Hall–Kier alpha value is -1.47. The van der Waals surface area contributed by atoms with E-state index in [1.807, 2.05) is 4.90 Å². The molecule has 24 heavy (non-hydrogen) atoms. The van der Waals surface area contributed by atoms with Crippen LogP contribution in [-0.2, 0) is 11.3 Å². The molecule has 0 aromatic carbocycles. The molecular formula is C17H27N5O2. The van der Waals surface area contributed by atoms with E-state index < -0.39 is 0 Å². The van der Waals surface area contributed by atoms with E-state index in [0.29, 0.717) is 18.5 Å². The minimum atomic E-state index is 0.247. The largest absolute Gasteiger partial charge is 0.342 e. The number of piperidine rings is 1. The molecule has 1 unspecified atom stereocenters. The molecule has 3 aliphatic rings. The Morgan fingerprint density at radius 3 is 2.79 bits per heavy atom.